The van der Waals surface area contributed by atoms with Gasteiger partial charge in [-0.2, -0.15) is 0 Å². The third kappa shape index (κ3) is 3.94. The second-order valence-electron chi connectivity index (χ2n) is 4.88. The number of rotatable bonds is 5. The van der Waals surface area contributed by atoms with E-state index in [2.05, 4.69) is 5.32 Å². The van der Waals surface area contributed by atoms with Gasteiger partial charge in [0.25, 0.3) is 9.05 Å². The summed E-state index contributed by atoms with van der Waals surface area (Å²) in [7, 11) is 1.59. The maximum absolute atomic E-state index is 11.8. The smallest absolute Gasteiger partial charge is 0.270 e. The number of nitrogens with one attached hydrogen (secondary N) is 1. The van der Waals surface area contributed by atoms with Crippen LogP contribution in [-0.4, -0.2) is 14.3 Å². The molecular weight excluding hydrogens is 306 g/mol. The van der Waals surface area contributed by atoms with E-state index in [4.69, 9.17) is 10.7 Å². The number of thiophene rings is 1. The van der Waals surface area contributed by atoms with E-state index < -0.39 is 9.05 Å². The second-order valence-corrected chi connectivity index (χ2v) is 8.79. The molecule has 1 atom stereocenters. The van der Waals surface area contributed by atoms with Crippen LogP contribution in [0, 0.1) is 5.92 Å². The van der Waals surface area contributed by atoms with Gasteiger partial charge in [0.15, 0.2) is 0 Å². The molecule has 0 aliphatic heterocycles. The highest BCUT2D eigenvalue weighted by Gasteiger charge is 2.22. The molecule has 1 heterocycles. The molecule has 1 fully saturated rings. The van der Waals surface area contributed by atoms with E-state index in [-0.39, 0.29) is 16.2 Å². The van der Waals surface area contributed by atoms with Crippen LogP contribution < -0.4 is 5.32 Å². The van der Waals surface area contributed by atoms with E-state index in [1.807, 2.05) is 6.92 Å². The van der Waals surface area contributed by atoms with Gasteiger partial charge >= 0.3 is 0 Å². The Kier molecular flexibility index (Phi) is 4.53. The number of hydrogen-bond donors (Lipinski definition) is 1. The molecule has 7 heteroatoms. The molecule has 1 aromatic rings. The summed E-state index contributed by atoms with van der Waals surface area (Å²) >= 11 is 1.09. The first-order chi connectivity index (χ1) is 8.86. The predicted octanol–water partition coefficient (Wildman–Crippen LogP) is 3.04. The summed E-state index contributed by atoms with van der Waals surface area (Å²) in [5.74, 6) is 0.551. The molecule has 1 unspecified atom stereocenters. The fraction of sp³-hybridized carbons (Fsp3) is 0.583. The van der Waals surface area contributed by atoms with Crippen molar-refractivity contribution in [2.45, 2.75) is 42.9 Å². The number of carbonyl (C=O) groups is 1. The van der Waals surface area contributed by atoms with Crippen LogP contribution in [0.3, 0.4) is 0 Å². The summed E-state index contributed by atoms with van der Waals surface area (Å²) in [6, 6.07) is 2.97. The molecule has 1 N–H and O–H groups in total. The SMILES string of the molecule is CC(NC(=O)CC1CCC1)c1ccc(S(=O)(=O)Cl)s1. The van der Waals surface area contributed by atoms with Crippen molar-refractivity contribution in [3.8, 4) is 0 Å². The van der Waals surface area contributed by atoms with E-state index in [1.54, 1.807) is 6.07 Å². The van der Waals surface area contributed by atoms with Gasteiger partial charge in [0.1, 0.15) is 4.21 Å². The molecule has 1 aliphatic rings. The summed E-state index contributed by atoms with van der Waals surface area (Å²) < 4.78 is 22.5. The maximum Gasteiger partial charge on any atom is 0.270 e. The van der Waals surface area contributed by atoms with Gasteiger partial charge in [0, 0.05) is 22.0 Å². The van der Waals surface area contributed by atoms with Crippen molar-refractivity contribution in [2.24, 2.45) is 5.92 Å². The van der Waals surface area contributed by atoms with Crippen LogP contribution in [0.15, 0.2) is 16.3 Å². The zero-order valence-electron chi connectivity index (χ0n) is 10.6. The van der Waals surface area contributed by atoms with Crippen LogP contribution >= 0.6 is 22.0 Å². The molecule has 2 rings (SSSR count). The predicted molar refractivity (Wildman–Crippen MR) is 75.9 cm³/mol. The Labute approximate surface area is 121 Å². The van der Waals surface area contributed by atoms with E-state index in [1.165, 1.54) is 12.5 Å². The number of amides is 1. The first-order valence-electron chi connectivity index (χ1n) is 6.20. The topological polar surface area (TPSA) is 63.2 Å². The van der Waals surface area contributed by atoms with Crippen LogP contribution in [0.1, 0.15) is 43.5 Å². The molecule has 106 valence electrons. The number of carbonyl (C=O) groups excluding carboxylic acids is 1. The third-order valence-electron chi connectivity index (χ3n) is 3.35. The maximum atomic E-state index is 11.8. The lowest BCUT2D eigenvalue weighted by Gasteiger charge is -2.25. The zero-order chi connectivity index (χ0) is 14.0. The zero-order valence-corrected chi connectivity index (χ0v) is 12.9. The van der Waals surface area contributed by atoms with Gasteiger partial charge in [-0.25, -0.2) is 8.42 Å². The van der Waals surface area contributed by atoms with Crippen LogP contribution in [-0.2, 0) is 13.8 Å². The van der Waals surface area contributed by atoms with Gasteiger partial charge in [-0.1, -0.05) is 6.42 Å². The normalized spacial score (nSPS) is 17.8. The largest absolute Gasteiger partial charge is 0.349 e. The Bertz CT molecular complexity index is 563. The van der Waals surface area contributed by atoms with Gasteiger partial charge in [0.05, 0.1) is 6.04 Å². The molecule has 1 amide bonds. The number of hydrogen-bond acceptors (Lipinski definition) is 4. The van der Waals surface area contributed by atoms with Crippen LogP contribution in [0.4, 0.5) is 0 Å². The molecule has 0 spiro atoms. The molecular formula is C12H16ClNO3S2. The molecule has 19 heavy (non-hydrogen) atoms. The van der Waals surface area contributed by atoms with Gasteiger partial charge in [0.2, 0.25) is 5.91 Å². The van der Waals surface area contributed by atoms with Crippen molar-refractivity contribution in [1.29, 1.82) is 0 Å². The minimum atomic E-state index is -3.68. The van der Waals surface area contributed by atoms with E-state index in [9.17, 15) is 13.2 Å². The average molecular weight is 322 g/mol. The Hall–Kier alpha value is -0.590. The van der Waals surface area contributed by atoms with Crippen molar-refractivity contribution in [3.05, 3.63) is 17.0 Å². The third-order valence-corrected chi connectivity index (χ3v) is 6.71. The molecule has 0 radical (unpaired) electrons. The summed E-state index contributed by atoms with van der Waals surface area (Å²) in [5, 5.41) is 2.89. The Morgan fingerprint density at radius 3 is 2.68 bits per heavy atom. The molecule has 0 aromatic carbocycles. The Morgan fingerprint density at radius 2 is 2.21 bits per heavy atom. The average Bonchev–Trinajstić information content (AvgIpc) is 2.72. The first kappa shape index (κ1) is 14.8. The van der Waals surface area contributed by atoms with Crippen molar-refractivity contribution in [1.82, 2.24) is 5.32 Å². The minimum absolute atomic E-state index is 0.0286. The molecule has 1 saturated carbocycles. The van der Waals surface area contributed by atoms with E-state index >= 15 is 0 Å². The van der Waals surface area contributed by atoms with Gasteiger partial charge < -0.3 is 5.32 Å². The van der Waals surface area contributed by atoms with Crippen molar-refractivity contribution < 1.29 is 13.2 Å². The minimum Gasteiger partial charge on any atom is -0.349 e. The lowest BCUT2D eigenvalue weighted by Crippen LogP contribution is -2.29. The summed E-state index contributed by atoms with van der Waals surface area (Å²) in [5.41, 5.74) is 0. The van der Waals surface area contributed by atoms with E-state index in [0.717, 1.165) is 29.1 Å². The number of halogens is 1. The van der Waals surface area contributed by atoms with Crippen LogP contribution in [0.5, 0.6) is 0 Å². The van der Waals surface area contributed by atoms with Crippen molar-refractivity contribution >= 4 is 37.0 Å². The lowest BCUT2D eigenvalue weighted by molar-refractivity contribution is -0.123. The Balaban J connectivity index is 1.93. The molecule has 0 bridgehead atoms. The molecule has 0 saturated heterocycles. The summed E-state index contributed by atoms with van der Waals surface area (Å²) in [6.07, 6.45) is 4.05. The van der Waals surface area contributed by atoms with Gasteiger partial charge in [-0.15, -0.1) is 11.3 Å². The molecule has 4 nitrogen and oxygen atoms in total. The fourth-order valence-corrected chi connectivity index (χ4v) is 4.12. The van der Waals surface area contributed by atoms with Crippen molar-refractivity contribution in [2.75, 3.05) is 0 Å². The second kappa shape index (κ2) is 5.81. The summed E-state index contributed by atoms with van der Waals surface area (Å²) in [6.45, 7) is 1.84. The van der Waals surface area contributed by atoms with Gasteiger partial charge in [-0.05, 0) is 37.8 Å². The van der Waals surface area contributed by atoms with E-state index in [0.29, 0.717) is 12.3 Å². The quantitative estimate of drug-likeness (QED) is 0.848. The van der Waals surface area contributed by atoms with Gasteiger partial charge in [-0.3, -0.25) is 4.79 Å². The summed E-state index contributed by atoms with van der Waals surface area (Å²) in [4.78, 5) is 12.6. The van der Waals surface area contributed by atoms with Crippen molar-refractivity contribution in [3.63, 3.8) is 0 Å². The fourth-order valence-electron chi connectivity index (χ4n) is 2.03. The monoisotopic (exact) mass is 321 g/mol. The molecule has 1 aromatic heterocycles. The highest BCUT2D eigenvalue weighted by molar-refractivity contribution is 8.15. The lowest BCUT2D eigenvalue weighted by atomic mass is 9.83. The highest BCUT2D eigenvalue weighted by atomic mass is 35.7. The van der Waals surface area contributed by atoms with Crippen LogP contribution in [0.2, 0.25) is 0 Å². The van der Waals surface area contributed by atoms with Crippen LogP contribution in [0.25, 0.3) is 0 Å². The standard InChI is InChI=1S/C12H16ClNO3S2/c1-8(14-11(15)7-9-3-2-4-9)10-5-6-12(18-10)19(13,16)17/h5-6,8-9H,2-4,7H2,1H3,(H,14,15). The Morgan fingerprint density at radius 1 is 1.53 bits per heavy atom. The molecule has 1 aliphatic carbocycles. The first-order valence-corrected chi connectivity index (χ1v) is 9.32. The highest BCUT2D eigenvalue weighted by Crippen LogP contribution is 2.31.